The zero-order valence-corrected chi connectivity index (χ0v) is 8.43. The van der Waals surface area contributed by atoms with Crippen LogP contribution in [0.2, 0.25) is 0 Å². The van der Waals surface area contributed by atoms with Gasteiger partial charge in [0.2, 0.25) is 0 Å². The highest BCUT2D eigenvalue weighted by atomic mass is 14.5. The van der Waals surface area contributed by atoms with E-state index in [4.69, 9.17) is 0 Å². The van der Waals surface area contributed by atoms with Crippen molar-refractivity contribution in [3.05, 3.63) is 71.8 Å². The van der Waals surface area contributed by atoms with Crippen LogP contribution in [0.15, 0.2) is 60.7 Å². The number of benzene rings is 2. The van der Waals surface area contributed by atoms with Crippen molar-refractivity contribution in [2.75, 3.05) is 0 Å². The minimum atomic E-state index is 0.927. The molecule has 0 aliphatic rings. The van der Waals surface area contributed by atoms with Crippen molar-refractivity contribution in [1.29, 1.82) is 0 Å². The van der Waals surface area contributed by atoms with Gasteiger partial charge in [0, 0.05) is 0 Å². The molecule has 0 aliphatic heterocycles. The second-order valence-electron chi connectivity index (χ2n) is 3.24. The van der Waals surface area contributed by atoms with Crippen molar-refractivity contribution in [3.63, 3.8) is 0 Å². The topological polar surface area (TPSA) is 14.1 Å². The third-order valence-corrected chi connectivity index (χ3v) is 2.25. The Morgan fingerprint density at radius 1 is 0.733 bits per heavy atom. The van der Waals surface area contributed by atoms with Crippen LogP contribution in [0.1, 0.15) is 11.1 Å². The first-order chi connectivity index (χ1) is 7.42. The van der Waals surface area contributed by atoms with E-state index in [2.05, 4.69) is 11.4 Å². The Hall–Kier alpha value is -2.11. The van der Waals surface area contributed by atoms with Crippen molar-refractivity contribution in [2.24, 2.45) is 0 Å². The standard InChI is InChI=1S/C14H12N/c1-15-14(12-8-4-2-5-9-12)13-10-6-3-7-11-13/h2-11H,1H2/q+1. The predicted molar refractivity (Wildman–Crippen MR) is 65.4 cm³/mol. The summed E-state index contributed by atoms with van der Waals surface area (Å²) in [6.07, 6.45) is 0. The number of nitrogens with zero attached hydrogens (tertiary/aromatic N) is 1. The molecule has 0 atom stereocenters. The first kappa shape index (κ1) is 9.45. The maximum absolute atomic E-state index is 4.10. The molecule has 1 heteroatoms. The van der Waals surface area contributed by atoms with Crippen molar-refractivity contribution in [3.8, 4) is 0 Å². The molecule has 0 bridgehead atoms. The summed E-state index contributed by atoms with van der Waals surface area (Å²) in [7, 11) is 0. The predicted octanol–water partition coefficient (Wildman–Crippen LogP) is 2.29. The molecule has 72 valence electrons. The van der Waals surface area contributed by atoms with Crippen molar-refractivity contribution in [2.45, 2.75) is 0 Å². The van der Waals surface area contributed by atoms with Crippen LogP contribution in [0, 0.1) is 0 Å². The van der Waals surface area contributed by atoms with Gasteiger partial charge in [-0.1, -0.05) is 41.1 Å². The van der Waals surface area contributed by atoms with E-state index in [9.17, 15) is 0 Å². The molecule has 2 aromatic carbocycles. The lowest BCUT2D eigenvalue weighted by Crippen LogP contribution is -2.05. The number of hydrogen-bond donors (Lipinski definition) is 0. The molecular formula is C14H12N+. The molecule has 2 rings (SSSR count). The smallest absolute Gasteiger partial charge is 0.0995 e. The molecule has 1 nitrogen and oxygen atoms in total. The second-order valence-corrected chi connectivity index (χ2v) is 3.24. The molecule has 0 heterocycles. The average Bonchev–Trinajstić information content (AvgIpc) is 2.33. The van der Waals surface area contributed by atoms with Gasteiger partial charge in [0.1, 0.15) is 0 Å². The zero-order chi connectivity index (χ0) is 10.5. The lowest BCUT2D eigenvalue weighted by atomic mass is 10.0. The molecule has 0 aliphatic carbocycles. The third kappa shape index (κ3) is 2.04. The van der Waals surface area contributed by atoms with Gasteiger partial charge in [-0.15, -0.1) is 0 Å². The largest absolute Gasteiger partial charge is 0.340 e. The molecule has 15 heavy (non-hydrogen) atoms. The average molecular weight is 194 g/mol. The molecule has 0 unspecified atom stereocenters. The zero-order valence-electron chi connectivity index (χ0n) is 8.43. The molecule has 0 N–H and O–H groups in total. The van der Waals surface area contributed by atoms with Crippen LogP contribution in [0.25, 0.3) is 0 Å². The highest BCUT2D eigenvalue weighted by molar-refractivity contribution is 6.12. The molecule has 0 saturated heterocycles. The Balaban J connectivity index is 2.48. The maximum Gasteiger partial charge on any atom is 0.340 e. The van der Waals surface area contributed by atoms with Crippen LogP contribution in [-0.4, -0.2) is 12.4 Å². The Bertz CT molecular complexity index is 438. The molecule has 0 spiro atoms. The van der Waals surface area contributed by atoms with Crippen LogP contribution >= 0.6 is 0 Å². The summed E-state index contributed by atoms with van der Waals surface area (Å²) >= 11 is 0. The molecule has 0 aromatic heterocycles. The summed E-state index contributed by atoms with van der Waals surface area (Å²) in [6.45, 7) is 3.63. The molecule has 0 amide bonds. The van der Waals surface area contributed by atoms with Crippen LogP contribution in [0.4, 0.5) is 0 Å². The fourth-order valence-electron chi connectivity index (χ4n) is 1.54. The lowest BCUT2D eigenvalue weighted by molar-refractivity contribution is 1.54. The third-order valence-electron chi connectivity index (χ3n) is 2.25. The minimum absolute atomic E-state index is 0.927. The van der Waals surface area contributed by atoms with E-state index in [-0.39, 0.29) is 0 Å². The summed E-state index contributed by atoms with van der Waals surface area (Å²) < 4.78 is 4.10. The van der Waals surface area contributed by atoms with E-state index >= 15 is 0 Å². The van der Waals surface area contributed by atoms with Crippen molar-refractivity contribution in [1.82, 2.24) is 4.67 Å². The van der Waals surface area contributed by atoms with Gasteiger partial charge in [-0.05, 0) is 24.3 Å². The number of hydrogen-bond acceptors (Lipinski definition) is 0. The van der Waals surface area contributed by atoms with Gasteiger partial charge in [0.15, 0.2) is 0 Å². The van der Waals surface area contributed by atoms with Gasteiger partial charge in [-0.25, -0.2) is 0 Å². The Kier molecular flexibility index (Phi) is 2.77. The van der Waals surface area contributed by atoms with E-state index in [1.54, 1.807) is 0 Å². The second kappa shape index (κ2) is 4.41. The van der Waals surface area contributed by atoms with Gasteiger partial charge >= 0.3 is 5.71 Å². The lowest BCUT2D eigenvalue weighted by Gasteiger charge is -1.94. The van der Waals surface area contributed by atoms with Crippen molar-refractivity contribution < 1.29 is 0 Å². The van der Waals surface area contributed by atoms with E-state index in [1.165, 1.54) is 0 Å². The van der Waals surface area contributed by atoms with E-state index in [1.807, 2.05) is 60.7 Å². The highest BCUT2D eigenvalue weighted by Gasteiger charge is 2.14. The molecule has 0 radical (unpaired) electrons. The summed E-state index contributed by atoms with van der Waals surface area (Å²) in [5, 5.41) is 0. The van der Waals surface area contributed by atoms with Gasteiger partial charge in [0.25, 0.3) is 6.72 Å². The Labute approximate surface area is 89.5 Å². The SMILES string of the molecule is C=[N+]=C(c1ccccc1)c1ccccc1. The highest BCUT2D eigenvalue weighted by Crippen LogP contribution is 2.07. The minimum Gasteiger partial charge on any atom is -0.0995 e. The Morgan fingerprint density at radius 2 is 1.13 bits per heavy atom. The molecular weight excluding hydrogens is 182 g/mol. The molecule has 0 fully saturated rings. The van der Waals surface area contributed by atoms with Crippen LogP contribution in [0.5, 0.6) is 0 Å². The quantitative estimate of drug-likeness (QED) is 0.514. The van der Waals surface area contributed by atoms with Crippen LogP contribution < -0.4 is 4.67 Å². The van der Waals surface area contributed by atoms with E-state index in [0.717, 1.165) is 16.8 Å². The fourth-order valence-corrected chi connectivity index (χ4v) is 1.54. The Morgan fingerprint density at radius 3 is 1.47 bits per heavy atom. The fraction of sp³-hybridized carbons (Fsp3) is 0. The summed E-state index contributed by atoms with van der Waals surface area (Å²) in [4.78, 5) is 0. The van der Waals surface area contributed by atoms with E-state index < -0.39 is 0 Å². The van der Waals surface area contributed by atoms with Crippen LogP contribution in [-0.2, 0) is 0 Å². The van der Waals surface area contributed by atoms with E-state index in [0.29, 0.717) is 0 Å². The summed E-state index contributed by atoms with van der Waals surface area (Å²) in [5.74, 6) is 0. The molecule has 2 aromatic rings. The summed E-state index contributed by atoms with van der Waals surface area (Å²) in [6, 6.07) is 20.2. The molecule has 0 saturated carbocycles. The van der Waals surface area contributed by atoms with Crippen molar-refractivity contribution >= 4 is 12.4 Å². The maximum atomic E-state index is 4.10. The summed E-state index contributed by atoms with van der Waals surface area (Å²) in [5.41, 5.74) is 3.12. The van der Waals surface area contributed by atoms with Gasteiger partial charge in [-0.3, -0.25) is 0 Å². The van der Waals surface area contributed by atoms with Gasteiger partial charge in [-0.2, -0.15) is 0 Å². The monoisotopic (exact) mass is 194 g/mol. The first-order valence-corrected chi connectivity index (χ1v) is 4.86. The normalized spacial score (nSPS) is 9.33. The number of rotatable bonds is 2. The van der Waals surface area contributed by atoms with Gasteiger partial charge < -0.3 is 0 Å². The van der Waals surface area contributed by atoms with Crippen LogP contribution in [0.3, 0.4) is 0 Å². The first-order valence-electron chi connectivity index (χ1n) is 4.86. The van der Waals surface area contributed by atoms with Gasteiger partial charge in [0.05, 0.1) is 11.1 Å².